The van der Waals surface area contributed by atoms with Crippen LogP contribution in [0.2, 0.25) is 0 Å². The van der Waals surface area contributed by atoms with Gasteiger partial charge in [-0.05, 0) is 30.3 Å². The van der Waals surface area contributed by atoms with Gasteiger partial charge in [-0.25, -0.2) is 4.79 Å². The third-order valence-electron chi connectivity index (χ3n) is 4.51. The second-order valence-corrected chi connectivity index (χ2v) is 6.08. The second kappa shape index (κ2) is 7.53. The molecule has 0 unspecified atom stereocenters. The lowest BCUT2D eigenvalue weighted by Crippen LogP contribution is -2.57. The van der Waals surface area contributed by atoms with Crippen molar-refractivity contribution in [3.8, 4) is 17.0 Å². The molecule has 1 amide bonds. The summed E-state index contributed by atoms with van der Waals surface area (Å²) in [6.45, 7) is 0.600. The van der Waals surface area contributed by atoms with Crippen molar-refractivity contribution in [2.45, 2.75) is 18.4 Å². The number of hydrogen-bond donors (Lipinski definition) is 2. The number of methoxy groups -OCH3 is 1. The molecule has 0 bridgehead atoms. The summed E-state index contributed by atoms with van der Waals surface area (Å²) in [6.07, 6.45) is 2.12. The first-order valence-corrected chi connectivity index (χ1v) is 8.29. The molecule has 0 radical (unpaired) electrons. The van der Waals surface area contributed by atoms with E-state index in [4.69, 9.17) is 9.47 Å². The standard InChI is InChI=1S/C19H20N2O5/c1-25-16-6-5-13(12-14(16)15-4-2-3-9-20-15)17(22)21-19(18(23)24)7-10-26-11-8-19/h2-6,9,12H,7-8,10-11H2,1H3,(H,21,22)(H,23,24). The first-order valence-electron chi connectivity index (χ1n) is 8.29. The van der Waals surface area contributed by atoms with E-state index in [1.807, 2.05) is 12.1 Å². The van der Waals surface area contributed by atoms with E-state index in [0.717, 1.165) is 0 Å². The van der Waals surface area contributed by atoms with Gasteiger partial charge in [0, 0.05) is 43.4 Å². The van der Waals surface area contributed by atoms with E-state index in [1.54, 1.807) is 37.6 Å². The summed E-state index contributed by atoms with van der Waals surface area (Å²) in [5.74, 6) is -0.916. The average Bonchev–Trinajstić information content (AvgIpc) is 2.68. The van der Waals surface area contributed by atoms with Crippen LogP contribution in [-0.2, 0) is 9.53 Å². The zero-order chi connectivity index (χ0) is 18.6. The number of carboxylic acid groups (broad SMARTS) is 1. The zero-order valence-corrected chi connectivity index (χ0v) is 14.4. The molecule has 26 heavy (non-hydrogen) atoms. The molecule has 136 valence electrons. The monoisotopic (exact) mass is 356 g/mol. The Morgan fingerprint density at radius 3 is 2.62 bits per heavy atom. The Labute approximate surface area is 151 Å². The maximum Gasteiger partial charge on any atom is 0.329 e. The van der Waals surface area contributed by atoms with Gasteiger partial charge in [0.25, 0.3) is 5.91 Å². The van der Waals surface area contributed by atoms with Crippen LogP contribution in [0.5, 0.6) is 5.75 Å². The van der Waals surface area contributed by atoms with Crippen molar-refractivity contribution in [3.63, 3.8) is 0 Å². The van der Waals surface area contributed by atoms with Crippen LogP contribution in [0.1, 0.15) is 23.2 Å². The Hall–Kier alpha value is -2.93. The van der Waals surface area contributed by atoms with Crippen LogP contribution in [0.4, 0.5) is 0 Å². The summed E-state index contributed by atoms with van der Waals surface area (Å²) in [5.41, 5.74) is 0.370. The largest absolute Gasteiger partial charge is 0.496 e. The minimum absolute atomic E-state index is 0.233. The van der Waals surface area contributed by atoms with Crippen molar-refractivity contribution in [3.05, 3.63) is 48.2 Å². The lowest BCUT2D eigenvalue weighted by Gasteiger charge is -2.33. The lowest BCUT2D eigenvalue weighted by atomic mass is 9.89. The summed E-state index contributed by atoms with van der Waals surface area (Å²) in [4.78, 5) is 28.8. The summed E-state index contributed by atoms with van der Waals surface area (Å²) in [6, 6.07) is 10.4. The number of nitrogens with zero attached hydrogens (tertiary/aromatic N) is 1. The van der Waals surface area contributed by atoms with Gasteiger partial charge in [-0.15, -0.1) is 0 Å². The number of carbonyl (C=O) groups excluding carboxylic acids is 1. The number of carbonyl (C=O) groups is 2. The summed E-state index contributed by atoms with van der Waals surface area (Å²) in [5, 5.41) is 12.3. The van der Waals surface area contributed by atoms with Crippen LogP contribution < -0.4 is 10.1 Å². The fourth-order valence-corrected chi connectivity index (χ4v) is 2.97. The van der Waals surface area contributed by atoms with Crippen molar-refractivity contribution in [1.82, 2.24) is 10.3 Å². The molecule has 3 rings (SSSR count). The lowest BCUT2D eigenvalue weighted by molar-refractivity contribution is -0.148. The fraction of sp³-hybridized carbons (Fsp3) is 0.316. The van der Waals surface area contributed by atoms with Gasteiger partial charge in [-0.1, -0.05) is 6.07 Å². The molecule has 1 aliphatic heterocycles. The van der Waals surface area contributed by atoms with Crippen molar-refractivity contribution in [2.75, 3.05) is 20.3 Å². The number of nitrogens with one attached hydrogen (secondary N) is 1. The summed E-state index contributed by atoms with van der Waals surface area (Å²) in [7, 11) is 1.54. The number of ether oxygens (including phenoxy) is 2. The Morgan fingerprint density at radius 2 is 2.00 bits per heavy atom. The molecule has 1 aromatic carbocycles. The van der Waals surface area contributed by atoms with Crippen LogP contribution in [0, 0.1) is 0 Å². The number of carboxylic acids is 1. The molecule has 1 aliphatic rings. The maximum atomic E-state index is 12.7. The number of pyridine rings is 1. The molecule has 2 aromatic rings. The Kier molecular flexibility index (Phi) is 5.18. The highest BCUT2D eigenvalue weighted by molar-refractivity contribution is 5.99. The first kappa shape index (κ1) is 17.9. The molecular formula is C19H20N2O5. The van der Waals surface area contributed by atoms with Crippen LogP contribution in [0.25, 0.3) is 11.3 Å². The van der Waals surface area contributed by atoms with E-state index in [9.17, 15) is 14.7 Å². The SMILES string of the molecule is COc1ccc(C(=O)NC2(C(=O)O)CCOCC2)cc1-c1ccccn1. The van der Waals surface area contributed by atoms with E-state index in [2.05, 4.69) is 10.3 Å². The van der Waals surface area contributed by atoms with Gasteiger partial charge >= 0.3 is 5.97 Å². The number of rotatable bonds is 5. The van der Waals surface area contributed by atoms with Crippen LogP contribution in [-0.4, -0.2) is 47.8 Å². The van der Waals surface area contributed by atoms with Crippen molar-refractivity contribution in [1.29, 1.82) is 0 Å². The normalized spacial score (nSPS) is 15.9. The second-order valence-electron chi connectivity index (χ2n) is 6.08. The van der Waals surface area contributed by atoms with Gasteiger partial charge in [0.2, 0.25) is 0 Å². The number of benzene rings is 1. The van der Waals surface area contributed by atoms with Gasteiger partial charge in [0.05, 0.1) is 12.8 Å². The number of hydrogen-bond acceptors (Lipinski definition) is 5. The molecule has 1 fully saturated rings. The molecule has 2 heterocycles. The molecule has 0 aliphatic carbocycles. The Balaban J connectivity index is 1.91. The predicted molar refractivity (Wildman–Crippen MR) is 94.1 cm³/mol. The molecule has 7 nitrogen and oxygen atoms in total. The van der Waals surface area contributed by atoms with E-state index in [1.165, 1.54) is 0 Å². The highest BCUT2D eigenvalue weighted by Gasteiger charge is 2.41. The first-order chi connectivity index (χ1) is 12.6. The molecule has 1 aromatic heterocycles. The molecular weight excluding hydrogens is 336 g/mol. The Morgan fingerprint density at radius 1 is 1.23 bits per heavy atom. The molecule has 0 saturated carbocycles. The van der Waals surface area contributed by atoms with E-state index in [0.29, 0.717) is 35.8 Å². The van der Waals surface area contributed by atoms with Crippen LogP contribution in [0.3, 0.4) is 0 Å². The average molecular weight is 356 g/mol. The van der Waals surface area contributed by atoms with Crippen molar-refractivity contribution < 1.29 is 24.2 Å². The minimum Gasteiger partial charge on any atom is -0.496 e. The summed E-state index contributed by atoms with van der Waals surface area (Å²) >= 11 is 0. The van der Waals surface area contributed by atoms with Crippen molar-refractivity contribution >= 4 is 11.9 Å². The van der Waals surface area contributed by atoms with Gasteiger partial charge in [0.15, 0.2) is 0 Å². The van der Waals surface area contributed by atoms with Crippen LogP contribution >= 0.6 is 0 Å². The topological polar surface area (TPSA) is 97.8 Å². The third-order valence-corrected chi connectivity index (χ3v) is 4.51. The Bertz CT molecular complexity index is 801. The molecule has 7 heteroatoms. The summed E-state index contributed by atoms with van der Waals surface area (Å²) < 4.78 is 10.6. The fourth-order valence-electron chi connectivity index (χ4n) is 2.97. The zero-order valence-electron chi connectivity index (χ0n) is 14.4. The van der Waals surface area contributed by atoms with Gasteiger partial charge in [-0.2, -0.15) is 0 Å². The van der Waals surface area contributed by atoms with Crippen molar-refractivity contribution in [2.24, 2.45) is 0 Å². The molecule has 0 atom stereocenters. The molecule has 0 spiro atoms. The smallest absolute Gasteiger partial charge is 0.329 e. The van der Waals surface area contributed by atoms with E-state index >= 15 is 0 Å². The number of amides is 1. The van der Waals surface area contributed by atoms with Gasteiger partial charge in [-0.3, -0.25) is 9.78 Å². The predicted octanol–water partition coefficient (Wildman–Crippen LogP) is 2.12. The van der Waals surface area contributed by atoms with Gasteiger partial charge in [0.1, 0.15) is 11.3 Å². The van der Waals surface area contributed by atoms with Gasteiger partial charge < -0.3 is 19.9 Å². The number of aliphatic carboxylic acids is 1. The quantitative estimate of drug-likeness (QED) is 0.852. The molecule has 1 saturated heterocycles. The molecule has 2 N–H and O–H groups in total. The minimum atomic E-state index is -1.31. The highest BCUT2D eigenvalue weighted by Crippen LogP contribution is 2.30. The van der Waals surface area contributed by atoms with E-state index < -0.39 is 17.4 Å². The number of aromatic nitrogens is 1. The van der Waals surface area contributed by atoms with Crippen LogP contribution in [0.15, 0.2) is 42.6 Å². The third kappa shape index (κ3) is 3.52. The highest BCUT2D eigenvalue weighted by atomic mass is 16.5. The maximum absolute atomic E-state index is 12.7. The van der Waals surface area contributed by atoms with E-state index in [-0.39, 0.29) is 12.8 Å².